The van der Waals surface area contributed by atoms with Crippen LogP contribution in [0.5, 0.6) is 0 Å². The van der Waals surface area contributed by atoms with E-state index in [0.29, 0.717) is 6.10 Å². The summed E-state index contributed by atoms with van der Waals surface area (Å²) in [5.74, 6) is 0.718. The third-order valence-corrected chi connectivity index (χ3v) is 4.00. The quantitative estimate of drug-likeness (QED) is 0.853. The van der Waals surface area contributed by atoms with Gasteiger partial charge in [-0.25, -0.2) is 0 Å². The second-order valence-electron chi connectivity index (χ2n) is 5.21. The number of aryl methyl sites for hydroxylation is 1. The molecular formula is C16H25NO. The molecule has 0 fully saturated rings. The van der Waals surface area contributed by atoms with Crippen LogP contribution >= 0.6 is 0 Å². The van der Waals surface area contributed by atoms with E-state index in [0.717, 1.165) is 31.9 Å². The summed E-state index contributed by atoms with van der Waals surface area (Å²) in [7, 11) is 0. The van der Waals surface area contributed by atoms with Gasteiger partial charge in [0.2, 0.25) is 0 Å². The average Bonchev–Trinajstić information content (AvgIpc) is 2.63. The van der Waals surface area contributed by atoms with Gasteiger partial charge in [0.15, 0.2) is 0 Å². The molecule has 18 heavy (non-hydrogen) atoms. The molecule has 0 radical (unpaired) electrons. The molecule has 1 aromatic rings. The van der Waals surface area contributed by atoms with E-state index in [-0.39, 0.29) is 0 Å². The third kappa shape index (κ3) is 3.49. The third-order valence-electron chi connectivity index (χ3n) is 4.00. The second kappa shape index (κ2) is 6.79. The van der Waals surface area contributed by atoms with Crippen molar-refractivity contribution in [2.75, 3.05) is 18.5 Å². The monoisotopic (exact) mass is 247 g/mol. The summed E-state index contributed by atoms with van der Waals surface area (Å²) in [6, 6.07) is 8.59. The highest BCUT2D eigenvalue weighted by Gasteiger charge is 2.16. The molecule has 0 aromatic heterocycles. The lowest BCUT2D eigenvalue weighted by Gasteiger charge is -2.19. The van der Waals surface area contributed by atoms with Crippen molar-refractivity contribution in [2.24, 2.45) is 5.92 Å². The first-order valence-corrected chi connectivity index (χ1v) is 7.26. The van der Waals surface area contributed by atoms with E-state index in [4.69, 9.17) is 4.74 Å². The van der Waals surface area contributed by atoms with Crippen molar-refractivity contribution < 1.29 is 4.74 Å². The zero-order valence-corrected chi connectivity index (χ0v) is 11.6. The molecule has 1 unspecified atom stereocenters. The van der Waals surface area contributed by atoms with Gasteiger partial charge in [0.25, 0.3) is 0 Å². The van der Waals surface area contributed by atoms with Gasteiger partial charge in [-0.05, 0) is 30.4 Å². The van der Waals surface area contributed by atoms with Crippen LogP contribution < -0.4 is 5.32 Å². The maximum atomic E-state index is 6.08. The van der Waals surface area contributed by atoms with Crippen LogP contribution in [0.25, 0.3) is 0 Å². The number of hydrogen-bond acceptors (Lipinski definition) is 2. The van der Waals surface area contributed by atoms with Crippen LogP contribution in [-0.2, 0) is 11.2 Å². The first-order valence-electron chi connectivity index (χ1n) is 7.26. The number of hydrogen-bond donors (Lipinski definition) is 1. The van der Waals surface area contributed by atoms with Gasteiger partial charge in [-0.3, -0.25) is 0 Å². The number of ether oxygens (including phenoxy) is 1. The Morgan fingerprint density at radius 1 is 1.28 bits per heavy atom. The molecule has 2 heteroatoms. The van der Waals surface area contributed by atoms with Gasteiger partial charge in [-0.1, -0.05) is 44.9 Å². The van der Waals surface area contributed by atoms with Gasteiger partial charge in [0.05, 0.1) is 6.10 Å². The van der Waals surface area contributed by atoms with Gasteiger partial charge in [0.1, 0.15) is 0 Å². The summed E-state index contributed by atoms with van der Waals surface area (Å²) in [5.41, 5.74) is 2.71. The van der Waals surface area contributed by atoms with Crippen LogP contribution in [0.3, 0.4) is 0 Å². The lowest BCUT2D eigenvalue weighted by Crippen LogP contribution is -2.24. The summed E-state index contributed by atoms with van der Waals surface area (Å²) < 4.78 is 6.08. The highest BCUT2D eigenvalue weighted by atomic mass is 16.5. The van der Waals surface area contributed by atoms with E-state index in [2.05, 4.69) is 43.4 Å². The van der Waals surface area contributed by atoms with E-state index in [1.54, 1.807) is 0 Å². The fourth-order valence-corrected chi connectivity index (χ4v) is 2.49. The molecule has 1 aliphatic heterocycles. The summed E-state index contributed by atoms with van der Waals surface area (Å²) in [6.07, 6.45) is 5.05. The molecule has 0 amide bonds. The Bertz CT molecular complexity index is 333. The maximum Gasteiger partial charge on any atom is 0.0750 e. The van der Waals surface area contributed by atoms with Crippen molar-refractivity contribution in [3.63, 3.8) is 0 Å². The average molecular weight is 247 g/mol. The van der Waals surface area contributed by atoms with Gasteiger partial charge in [0, 0.05) is 18.8 Å². The fourth-order valence-electron chi connectivity index (χ4n) is 2.49. The number of nitrogens with one attached hydrogen (secondary N) is 1. The summed E-state index contributed by atoms with van der Waals surface area (Å²) in [5, 5.41) is 3.51. The first kappa shape index (κ1) is 13.4. The largest absolute Gasteiger partial charge is 0.382 e. The number of para-hydroxylation sites is 1. The smallest absolute Gasteiger partial charge is 0.0750 e. The van der Waals surface area contributed by atoms with E-state index < -0.39 is 0 Å². The summed E-state index contributed by atoms with van der Waals surface area (Å²) >= 11 is 0. The normalized spacial score (nSPS) is 19.2. The Labute approximate surface area is 111 Å². The lowest BCUT2D eigenvalue weighted by molar-refractivity contribution is 0.0311. The SMILES string of the molecule is CCC(CC)COC1CCc2ccccc2NC1. The molecular weight excluding hydrogens is 222 g/mol. The van der Waals surface area contributed by atoms with E-state index in [1.807, 2.05) is 0 Å². The fraction of sp³-hybridized carbons (Fsp3) is 0.625. The molecule has 1 aliphatic rings. The van der Waals surface area contributed by atoms with E-state index in [9.17, 15) is 0 Å². The van der Waals surface area contributed by atoms with Crippen molar-refractivity contribution in [3.05, 3.63) is 29.8 Å². The van der Waals surface area contributed by atoms with E-state index in [1.165, 1.54) is 24.1 Å². The van der Waals surface area contributed by atoms with Gasteiger partial charge >= 0.3 is 0 Å². The van der Waals surface area contributed by atoms with Crippen LogP contribution in [0.4, 0.5) is 5.69 Å². The first-order chi connectivity index (χ1) is 8.83. The minimum absolute atomic E-state index is 0.359. The minimum Gasteiger partial charge on any atom is -0.382 e. The van der Waals surface area contributed by atoms with Crippen molar-refractivity contribution >= 4 is 5.69 Å². The topological polar surface area (TPSA) is 21.3 Å². The molecule has 1 atom stereocenters. The maximum absolute atomic E-state index is 6.08. The zero-order chi connectivity index (χ0) is 12.8. The molecule has 2 rings (SSSR count). The van der Waals surface area contributed by atoms with Gasteiger partial charge < -0.3 is 10.1 Å². The van der Waals surface area contributed by atoms with Crippen molar-refractivity contribution in [1.82, 2.24) is 0 Å². The molecule has 1 aromatic carbocycles. The molecule has 0 spiro atoms. The Morgan fingerprint density at radius 3 is 2.83 bits per heavy atom. The zero-order valence-electron chi connectivity index (χ0n) is 11.6. The molecule has 0 saturated heterocycles. The minimum atomic E-state index is 0.359. The Balaban J connectivity index is 1.84. The number of benzene rings is 1. The van der Waals surface area contributed by atoms with E-state index >= 15 is 0 Å². The number of anilines is 1. The molecule has 0 bridgehead atoms. The highest BCUT2D eigenvalue weighted by molar-refractivity contribution is 5.51. The van der Waals surface area contributed by atoms with Crippen LogP contribution in [0.15, 0.2) is 24.3 Å². The molecule has 1 N–H and O–H groups in total. The molecule has 0 aliphatic carbocycles. The predicted octanol–water partition coefficient (Wildman–Crippen LogP) is 3.87. The Morgan fingerprint density at radius 2 is 2.06 bits per heavy atom. The number of fused-ring (bicyclic) bond motifs is 1. The Kier molecular flexibility index (Phi) is 5.06. The molecule has 100 valence electrons. The summed E-state index contributed by atoms with van der Waals surface area (Å²) in [4.78, 5) is 0. The van der Waals surface area contributed by atoms with Crippen LogP contribution in [-0.4, -0.2) is 19.3 Å². The number of rotatable bonds is 5. The van der Waals surface area contributed by atoms with Crippen LogP contribution in [0.1, 0.15) is 38.7 Å². The van der Waals surface area contributed by atoms with Crippen LogP contribution in [0.2, 0.25) is 0 Å². The van der Waals surface area contributed by atoms with Crippen molar-refractivity contribution in [1.29, 1.82) is 0 Å². The standard InChI is InChI=1S/C16H25NO/c1-3-13(4-2)12-18-15-10-9-14-7-5-6-8-16(14)17-11-15/h5-8,13,15,17H,3-4,9-12H2,1-2H3. The van der Waals surface area contributed by atoms with Crippen LogP contribution in [0, 0.1) is 5.92 Å². The molecule has 1 heterocycles. The predicted molar refractivity (Wildman–Crippen MR) is 77.1 cm³/mol. The van der Waals surface area contributed by atoms with Gasteiger partial charge in [-0.15, -0.1) is 0 Å². The molecule has 2 nitrogen and oxygen atoms in total. The second-order valence-corrected chi connectivity index (χ2v) is 5.21. The molecule has 0 saturated carbocycles. The van der Waals surface area contributed by atoms with Gasteiger partial charge in [-0.2, -0.15) is 0 Å². The van der Waals surface area contributed by atoms with Crippen molar-refractivity contribution in [3.8, 4) is 0 Å². The van der Waals surface area contributed by atoms with Crippen molar-refractivity contribution in [2.45, 2.75) is 45.6 Å². The Hall–Kier alpha value is -1.02. The highest BCUT2D eigenvalue weighted by Crippen LogP contribution is 2.22. The summed E-state index contributed by atoms with van der Waals surface area (Å²) in [6.45, 7) is 6.35. The lowest BCUT2D eigenvalue weighted by atomic mass is 10.0.